The van der Waals surface area contributed by atoms with E-state index in [-0.39, 0.29) is 24.8 Å². The van der Waals surface area contributed by atoms with E-state index < -0.39 is 5.91 Å². The molecule has 0 radical (unpaired) electrons. The number of rotatable bonds is 5. The number of ether oxygens (including phenoxy) is 2. The molecule has 0 atom stereocenters. The Morgan fingerprint density at radius 2 is 1.89 bits per heavy atom. The molecule has 1 amide bonds. The van der Waals surface area contributed by atoms with E-state index in [1.165, 1.54) is 6.07 Å². The highest BCUT2D eigenvalue weighted by Gasteiger charge is 2.14. The van der Waals surface area contributed by atoms with Crippen LogP contribution in [0, 0.1) is 5.82 Å². The van der Waals surface area contributed by atoms with Gasteiger partial charge in [0.1, 0.15) is 5.82 Å². The summed E-state index contributed by atoms with van der Waals surface area (Å²) in [4.78, 5) is 12.1. The summed E-state index contributed by atoms with van der Waals surface area (Å²) in [6.45, 7) is 0.277. The molecule has 4 rings (SSSR count). The highest BCUT2D eigenvalue weighted by Crippen LogP contribution is 2.34. The number of nitrogens with one attached hydrogen (secondary N) is 2. The number of anilines is 2. The van der Waals surface area contributed by atoms with Gasteiger partial charge in [-0.15, -0.1) is 10.2 Å². The van der Waals surface area contributed by atoms with Crippen molar-refractivity contribution in [1.29, 1.82) is 0 Å². The number of halogens is 1. The zero-order valence-corrected chi connectivity index (χ0v) is 14.1. The number of carbonyl (C=O) groups is 1. The van der Waals surface area contributed by atoms with Crippen LogP contribution in [-0.2, 0) is 6.54 Å². The zero-order chi connectivity index (χ0) is 18.6. The topological polar surface area (TPSA) is 85.4 Å². The van der Waals surface area contributed by atoms with Crippen LogP contribution in [0.15, 0.2) is 54.6 Å². The van der Waals surface area contributed by atoms with Crippen LogP contribution >= 0.6 is 0 Å². The van der Waals surface area contributed by atoms with Gasteiger partial charge in [-0.2, -0.15) is 0 Å². The number of nitrogens with zero attached hydrogens (tertiary/aromatic N) is 2. The number of amides is 1. The first-order valence-corrected chi connectivity index (χ1v) is 8.21. The average Bonchev–Trinajstić information content (AvgIpc) is 3.15. The van der Waals surface area contributed by atoms with Gasteiger partial charge in [0, 0.05) is 23.9 Å². The quantitative estimate of drug-likeness (QED) is 0.722. The van der Waals surface area contributed by atoms with Crippen LogP contribution in [-0.4, -0.2) is 22.9 Å². The van der Waals surface area contributed by atoms with E-state index in [4.69, 9.17) is 9.47 Å². The van der Waals surface area contributed by atoms with Crippen molar-refractivity contribution in [2.75, 3.05) is 12.1 Å². The molecule has 2 N–H and O–H groups in total. The first-order valence-electron chi connectivity index (χ1n) is 8.21. The van der Waals surface area contributed by atoms with Gasteiger partial charge in [-0.3, -0.25) is 4.79 Å². The van der Waals surface area contributed by atoms with Crippen LogP contribution in [0.25, 0.3) is 0 Å². The molecule has 136 valence electrons. The maximum absolute atomic E-state index is 13.6. The zero-order valence-electron chi connectivity index (χ0n) is 14.1. The lowest BCUT2D eigenvalue weighted by Crippen LogP contribution is -2.24. The predicted octanol–water partition coefficient (Wildman–Crippen LogP) is 3.02. The number of fused-ring (bicyclic) bond motifs is 1. The molecule has 2 aromatic carbocycles. The van der Waals surface area contributed by atoms with Crippen LogP contribution in [0.4, 0.5) is 15.9 Å². The highest BCUT2D eigenvalue weighted by molar-refractivity contribution is 5.92. The van der Waals surface area contributed by atoms with Crippen LogP contribution in [0.5, 0.6) is 11.5 Å². The van der Waals surface area contributed by atoms with E-state index in [0.29, 0.717) is 22.9 Å². The van der Waals surface area contributed by atoms with Crippen molar-refractivity contribution in [3.05, 3.63) is 71.7 Å². The summed E-state index contributed by atoms with van der Waals surface area (Å²) in [6, 6.07) is 14.8. The van der Waals surface area contributed by atoms with E-state index in [1.807, 2.05) is 6.07 Å². The van der Waals surface area contributed by atoms with Crippen LogP contribution in [0.1, 0.15) is 16.1 Å². The highest BCUT2D eigenvalue weighted by atomic mass is 19.1. The molecular weight excluding hydrogens is 351 g/mol. The molecule has 3 aromatic rings. The normalized spacial score (nSPS) is 11.9. The van der Waals surface area contributed by atoms with Crippen molar-refractivity contribution in [1.82, 2.24) is 15.5 Å². The Balaban J connectivity index is 1.38. The molecule has 27 heavy (non-hydrogen) atoms. The van der Waals surface area contributed by atoms with Gasteiger partial charge in [-0.05, 0) is 30.3 Å². The van der Waals surface area contributed by atoms with Gasteiger partial charge in [0.2, 0.25) is 6.79 Å². The summed E-state index contributed by atoms with van der Waals surface area (Å²) in [6.07, 6.45) is 0. The van der Waals surface area contributed by atoms with E-state index in [0.717, 1.165) is 5.69 Å². The fourth-order valence-corrected chi connectivity index (χ4v) is 2.55. The summed E-state index contributed by atoms with van der Waals surface area (Å²) in [5.41, 5.74) is 1.30. The lowest BCUT2D eigenvalue weighted by molar-refractivity contribution is 0.0944. The summed E-state index contributed by atoms with van der Waals surface area (Å²) < 4.78 is 24.2. The summed E-state index contributed by atoms with van der Waals surface area (Å²) in [5.74, 6) is 1.01. The average molecular weight is 366 g/mol. The SMILES string of the molecule is O=C(NCc1ccccc1F)c1ccc(Nc2ccc3c(c2)OCO3)nn1. The molecule has 2 heterocycles. The maximum atomic E-state index is 13.6. The molecule has 0 bridgehead atoms. The number of hydrogen-bond donors (Lipinski definition) is 2. The van der Waals surface area contributed by atoms with Crippen LogP contribution < -0.4 is 20.1 Å². The van der Waals surface area contributed by atoms with Crippen molar-refractivity contribution in [3.63, 3.8) is 0 Å². The molecule has 0 saturated heterocycles. The van der Waals surface area contributed by atoms with Gasteiger partial charge in [-0.25, -0.2) is 4.39 Å². The largest absolute Gasteiger partial charge is 0.454 e. The Morgan fingerprint density at radius 3 is 2.70 bits per heavy atom. The molecule has 0 spiro atoms. The van der Waals surface area contributed by atoms with Crippen molar-refractivity contribution in [2.45, 2.75) is 6.54 Å². The van der Waals surface area contributed by atoms with Gasteiger partial charge in [0.15, 0.2) is 23.0 Å². The molecule has 1 aromatic heterocycles. The fourth-order valence-electron chi connectivity index (χ4n) is 2.55. The first kappa shape index (κ1) is 16.8. The number of benzene rings is 2. The Labute approximate surface area is 154 Å². The van der Waals surface area contributed by atoms with Crippen molar-refractivity contribution < 1.29 is 18.7 Å². The predicted molar refractivity (Wildman–Crippen MR) is 95.4 cm³/mol. The van der Waals surface area contributed by atoms with E-state index >= 15 is 0 Å². The van der Waals surface area contributed by atoms with Crippen molar-refractivity contribution in [3.8, 4) is 11.5 Å². The van der Waals surface area contributed by atoms with E-state index in [9.17, 15) is 9.18 Å². The number of hydrogen-bond acceptors (Lipinski definition) is 6. The maximum Gasteiger partial charge on any atom is 0.272 e. The first-order chi connectivity index (χ1) is 13.2. The number of carbonyl (C=O) groups excluding carboxylic acids is 1. The molecule has 7 nitrogen and oxygen atoms in total. The molecule has 0 unspecified atom stereocenters. The van der Waals surface area contributed by atoms with Crippen LogP contribution in [0.3, 0.4) is 0 Å². The second-order valence-corrected chi connectivity index (χ2v) is 5.77. The standard InChI is InChI=1S/C19H15FN4O3/c20-14-4-2-1-3-12(14)10-21-19(25)15-6-8-18(24-23-15)22-13-5-7-16-17(9-13)27-11-26-16/h1-9H,10-11H2,(H,21,25)(H,22,24). The van der Waals surface area contributed by atoms with Gasteiger partial charge >= 0.3 is 0 Å². The van der Waals surface area contributed by atoms with Gasteiger partial charge < -0.3 is 20.1 Å². The third-order valence-corrected chi connectivity index (χ3v) is 3.94. The monoisotopic (exact) mass is 366 g/mol. The third-order valence-electron chi connectivity index (χ3n) is 3.94. The Kier molecular flexibility index (Phi) is 4.52. The lowest BCUT2D eigenvalue weighted by Gasteiger charge is -2.07. The minimum absolute atomic E-state index is 0.0738. The molecule has 1 aliphatic rings. The molecule has 0 aliphatic carbocycles. The Hall–Kier alpha value is -3.68. The lowest BCUT2D eigenvalue weighted by atomic mass is 10.2. The van der Waals surface area contributed by atoms with Gasteiger partial charge in [0.05, 0.1) is 0 Å². The summed E-state index contributed by atoms with van der Waals surface area (Å²) in [5, 5.41) is 13.6. The van der Waals surface area contributed by atoms with Crippen molar-refractivity contribution in [2.24, 2.45) is 0 Å². The summed E-state index contributed by atoms with van der Waals surface area (Å²) in [7, 11) is 0. The van der Waals surface area contributed by atoms with Gasteiger partial charge in [0.25, 0.3) is 5.91 Å². The second kappa shape index (κ2) is 7.28. The Bertz CT molecular complexity index is 979. The van der Waals surface area contributed by atoms with Crippen molar-refractivity contribution >= 4 is 17.4 Å². The third kappa shape index (κ3) is 3.79. The Morgan fingerprint density at radius 1 is 1.04 bits per heavy atom. The van der Waals surface area contributed by atoms with E-state index in [2.05, 4.69) is 20.8 Å². The molecule has 0 fully saturated rings. The smallest absolute Gasteiger partial charge is 0.272 e. The summed E-state index contributed by atoms with van der Waals surface area (Å²) >= 11 is 0. The second-order valence-electron chi connectivity index (χ2n) is 5.77. The van der Waals surface area contributed by atoms with Gasteiger partial charge in [-0.1, -0.05) is 18.2 Å². The minimum atomic E-state index is -0.430. The fraction of sp³-hybridized carbons (Fsp3) is 0.105. The molecule has 8 heteroatoms. The molecule has 1 aliphatic heterocycles. The van der Waals surface area contributed by atoms with E-state index in [1.54, 1.807) is 42.5 Å². The van der Waals surface area contributed by atoms with Crippen LogP contribution in [0.2, 0.25) is 0 Å². The minimum Gasteiger partial charge on any atom is -0.454 e. The number of aromatic nitrogens is 2. The molecular formula is C19H15FN4O3. The molecule has 0 saturated carbocycles.